The number of benzene rings is 3. The Balaban J connectivity index is 1.50. The number of ether oxygens (including phenoxy) is 2. The van der Waals surface area contributed by atoms with Gasteiger partial charge < -0.3 is 19.2 Å². The zero-order chi connectivity index (χ0) is 22.0. The van der Waals surface area contributed by atoms with E-state index in [-0.39, 0.29) is 6.42 Å². The molecule has 3 aromatic carbocycles. The number of amides is 1. The first kappa shape index (κ1) is 20.5. The van der Waals surface area contributed by atoms with Crippen molar-refractivity contribution >= 4 is 39.5 Å². The minimum Gasteiger partial charge on any atom is -0.495 e. The molecule has 6 heteroatoms. The molecule has 0 unspecified atom stereocenters. The molecular formula is C25H23NO5. The second-order valence-corrected chi connectivity index (χ2v) is 7.37. The molecule has 31 heavy (non-hydrogen) atoms. The van der Waals surface area contributed by atoms with E-state index in [0.29, 0.717) is 17.0 Å². The largest absolute Gasteiger partial charge is 0.495 e. The predicted octanol–water partition coefficient (Wildman–Crippen LogP) is 5.02. The molecule has 1 aromatic heterocycles. The van der Waals surface area contributed by atoms with Crippen molar-refractivity contribution in [2.24, 2.45) is 0 Å². The van der Waals surface area contributed by atoms with Gasteiger partial charge in [-0.1, -0.05) is 42.5 Å². The van der Waals surface area contributed by atoms with Crippen LogP contribution in [-0.4, -0.2) is 25.1 Å². The highest BCUT2D eigenvalue weighted by Crippen LogP contribution is 2.36. The maximum atomic E-state index is 12.7. The fourth-order valence-electron chi connectivity index (χ4n) is 3.51. The van der Waals surface area contributed by atoms with Crippen LogP contribution in [0.25, 0.3) is 21.9 Å². The monoisotopic (exact) mass is 417 g/mol. The van der Waals surface area contributed by atoms with Crippen LogP contribution in [0.15, 0.2) is 65.1 Å². The molecule has 1 amide bonds. The Morgan fingerprint density at radius 3 is 2.52 bits per heavy atom. The SMILES string of the molecule is COc1cc2c(cc1NC(=O)[C@@H](C)OC(=O)Cc1ccccc1C)oc1ccccc12. The lowest BCUT2D eigenvalue weighted by atomic mass is 10.1. The number of anilines is 1. The van der Waals surface area contributed by atoms with Crippen molar-refractivity contribution in [3.05, 3.63) is 71.8 Å². The van der Waals surface area contributed by atoms with E-state index in [1.165, 1.54) is 14.0 Å². The predicted molar refractivity (Wildman–Crippen MR) is 119 cm³/mol. The van der Waals surface area contributed by atoms with Gasteiger partial charge in [0.2, 0.25) is 0 Å². The van der Waals surface area contributed by atoms with Gasteiger partial charge in [-0.05, 0) is 37.1 Å². The minimum atomic E-state index is -0.965. The maximum absolute atomic E-state index is 12.7. The smallest absolute Gasteiger partial charge is 0.311 e. The Labute approximate surface area is 179 Å². The Hall–Kier alpha value is -3.80. The van der Waals surface area contributed by atoms with Gasteiger partial charge in [0.05, 0.1) is 19.2 Å². The van der Waals surface area contributed by atoms with Crippen molar-refractivity contribution in [3.8, 4) is 5.75 Å². The number of carbonyl (C=O) groups is 2. The summed E-state index contributed by atoms with van der Waals surface area (Å²) in [6, 6.07) is 18.8. The van der Waals surface area contributed by atoms with E-state index in [9.17, 15) is 9.59 Å². The normalized spacial score (nSPS) is 12.0. The molecule has 0 saturated heterocycles. The van der Waals surface area contributed by atoms with Gasteiger partial charge in [-0.25, -0.2) is 0 Å². The van der Waals surface area contributed by atoms with Crippen molar-refractivity contribution in [1.82, 2.24) is 0 Å². The molecule has 0 radical (unpaired) electrons. The Morgan fingerprint density at radius 1 is 1.00 bits per heavy atom. The second kappa shape index (κ2) is 8.52. The van der Waals surface area contributed by atoms with Crippen LogP contribution >= 0.6 is 0 Å². The highest BCUT2D eigenvalue weighted by Gasteiger charge is 2.21. The first-order valence-electron chi connectivity index (χ1n) is 10.0. The van der Waals surface area contributed by atoms with Gasteiger partial charge in [-0.15, -0.1) is 0 Å². The molecule has 0 bridgehead atoms. The summed E-state index contributed by atoms with van der Waals surface area (Å²) < 4.78 is 16.7. The number of hydrogen-bond acceptors (Lipinski definition) is 5. The average molecular weight is 417 g/mol. The lowest BCUT2D eigenvalue weighted by Gasteiger charge is -2.15. The number of para-hydroxylation sites is 1. The molecule has 1 atom stereocenters. The highest BCUT2D eigenvalue weighted by molar-refractivity contribution is 6.08. The van der Waals surface area contributed by atoms with Gasteiger partial charge in [0.25, 0.3) is 5.91 Å². The Bertz CT molecular complexity index is 1270. The summed E-state index contributed by atoms with van der Waals surface area (Å²) >= 11 is 0. The highest BCUT2D eigenvalue weighted by atomic mass is 16.5. The zero-order valence-corrected chi connectivity index (χ0v) is 17.6. The number of esters is 1. The molecule has 1 heterocycles. The number of methoxy groups -OCH3 is 1. The molecule has 1 N–H and O–H groups in total. The van der Waals surface area contributed by atoms with Crippen molar-refractivity contribution in [1.29, 1.82) is 0 Å². The second-order valence-electron chi connectivity index (χ2n) is 7.37. The first-order valence-corrected chi connectivity index (χ1v) is 10.0. The summed E-state index contributed by atoms with van der Waals surface area (Å²) in [7, 11) is 1.53. The van der Waals surface area contributed by atoms with Crippen LogP contribution in [0.1, 0.15) is 18.1 Å². The number of fused-ring (bicyclic) bond motifs is 3. The first-order chi connectivity index (χ1) is 15.0. The summed E-state index contributed by atoms with van der Waals surface area (Å²) in [5, 5.41) is 4.63. The Morgan fingerprint density at radius 2 is 1.74 bits per heavy atom. The van der Waals surface area contributed by atoms with Crippen LogP contribution in [0.3, 0.4) is 0 Å². The summed E-state index contributed by atoms with van der Waals surface area (Å²) in [6.07, 6.45) is -0.856. The van der Waals surface area contributed by atoms with Crippen molar-refractivity contribution in [2.75, 3.05) is 12.4 Å². The molecule has 0 aliphatic carbocycles. The van der Waals surface area contributed by atoms with E-state index in [4.69, 9.17) is 13.9 Å². The number of hydrogen-bond donors (Lipinski definition) is 1. The zero-order valence-electron chi connectivity index (χ0n) is 17.6. The quantitative estimate of drug-likeness (QED) is 0.446. The molecule has 0 aliphatic rings. The third-order valence-electron chi connectivity index (χ3n) is 5.23. The van der Waals surface area contributed by atoms with E-state index >= 15 is 0 Å². The van der Waals surface area contributed by atoms with Crippen LogP contribution in [0, 0.1) is 6.92 Å². The van der Waals surface area contributed by atoms with Crippen molar-refractivity contribution in [2.45, 2.75) is 26.4 Å². The van der Waals surface area contributed by atoms with Gasteiger partial charge in [-0.3, -0.25) is 9.59 Å². The van der Waals surface area contributed by atoms with Crippen molar-refractivity contribution < 1.29 is 23.5 Å². The molecule has 0 fully saturated rings. The van der Waals surface area contributed by atoms with E-state index in [2.05, 4.69) is 5.32 Å². The van der Waals surface area contributed by atoms with Gasteiger partial charge in [-0.2, -0.15) is 0 Å². The number of rotatable bonds is 6. The lowest BCUT2D eigenvalue weighted by Crippen LogP contribution is -2.30. The number of carbonyl (C=O) groups excluding carboxylic acids is 2. The summed E-state index contributed by atoms with van der Waals surface area (Å²) in [4.78, 5) is 25.0. The fraction of sp³-hybridized carbons (Fsp3) is 0.200. The Kier molecular flexibility index (Phi) is 5.62. The topological polar surface area (TPSA) is 77.8 Å². The molecule has 6 nitrogen and oxygen atoms in total. The summed E-state index contributed by atoms with van der Waals surface area (Å²) in [5.41, 5.74) is 3.70. The van der Waals surface area contributed by atoms with Gasteiger partial charge in [0, 0.05) is 16.8 Å². The maximum Gasteiger partial charge on any atom is 0.311 e. The van der Waals surface area contributed by atoms with E-state index in [1.807, 2.05) is 61.5 Å². The molecular weight excluding hydrogens is 394 g/mol. The van der Waals surface area contributed by atoms with Crippen LogP contribution in [0.2, 0.25) is 0 Å². The molecule has 158 valence electrons. The van der Waals surface area contributed by atoms with Gasteiger partial charge >= 0.3 is 5.97 Å². The van der Waals surface area contributed by atoms with E-state index in [1.54, 1.807) is 6.07 Å². The average Bonchev–Trinajstić information content (AvgIpc) is 3.12. The van der Waals surface area contributed by atoms with Gasteiger partial charge in [0.15, 0.2) is 6.10 Å². The third kappa shape index (κ3) is 4.23. The molecule has 0 aliphatic heterocycles. The lowest BCUT2D eigenvalue weighted by molar-refractivity contribution is -0.152. The van der Waals surface area contributed by atoms with Crippen LogP contribution in [0.5, 0.6) is 5.75 Å². The van der Waals surface area contributed by atoms with Crippen LogP contribution < -0.4 is 10.1 Å². The van der Waals surface area contributed by atoms with Crippen molar-refractivity contribution in [3.63, 3.8) is 0 Å². The molecule has 0 saturated carbocycles. The standard InChI is InChI=1S/C25H23NO5/c1-15-8-4-5-9-17(15)12-24(27)30-16(2)25(28)26-20-14-22-19(13-23(20)29-3)18-10-6-7-11-21(18)31-22/h4-11,13-14,16H,12H2,1-3H3,(H,26,28)/t16-/m1/s1. The number of nitrogens with one attached hydrogen (secondary N) is 1. The van der Waals surface area contributed by atoms with Gasteiger partial charge in [0.1, 0.15) is 16.9 Å². The summed E-state index contributed by atoms with van der Waals surface area (Å²) in [6.45, 7) is 3.47. The molecule has 4 aromatic rings. The molecule has 4 rings (SSSR count). The third-order valence-corrected chi connectivity index (χ3v) is 5.23. The van der Waals surface area contributed by atoms with E-state index < -0.39 is 18.0 Å². The number of furan rings is 1. The summed E-state index contributed by atoms with van der Waals surface area (Å²) in [5.74, 6) is -0.422. The van der Waals surface area contributed by atoms with E-state index in [0.717, 1.165) is 27.5 Å². The van der Waals surface area contributed by atoms with Crippen LogP contribution in [-0.2, 0) is 20.7 Å². The van der Waals surface area contributed by atoms with Crippen LogP contribution in [0.4, 0.5) is 5.69 Å². The fourth-order valence-corrected chi connectivity index (χ4v) is 3.51. The molecule has 0 spiro atoms. The minimum absolute atomic E-state index is 0.110. The number of aryl methyl sites for hydroxylation is 1.